The Labute approximate surface area is 350 Å². The van der Waals surface area contributed by atoms with Crippen LogP contribution in [0.4, 0.5) is 0 Å². The van der Waals surface area contributed by atoms with Crippen molar-refractivity contribution in [3.8, 4) is 0 Å². The maximum Gasteiger partial charge on any atom is -0.0323 e. The van der Waals surface area contributed by atoms with E-state index in [4.69, 9.17) is 0 Å². The number of unbranched alkanes of at least 4 members (excludes halogenated alkanes) is 1. The van der Waals surface area contributed by atoms with E-state index in [1.807, 2.05) is 0 Å². The van der Waals surface area contributed by atoms with Gasteiger partial charge < -0.3 is 0 Å². The average Bonchev–Trinajstić information content (AvgIpc) is 3.09. The smallest absolute Gasteiger partial charge is 0.0323 e. The maximum atomic E-state index is 2.63. The van der Waals surface area contributed by atoms with Crippen LogP contribution >= 0.6 is 0 Å². The Bertz CT molecular complexity index is 957. The van der Waals surface area contributed by atoms with Crippen molar-refractivity contribution in [3.63, 3.8) is 0 Å². The average molecular weight is 769 g/mol. The van der Waals surface area contributed by atoms with E-state index < -0.39 is 0 Å². The van der Waals surface area contributed by atoms with Crippen LogP contribution in [0.15, 0.2) is 0 Å². The summed E-state index contributed by atoms with van der Waals surface area (Å²) in [5.41, 5.74) is 1.12. The quantitative estimate of drug-likeness (QED) is 0.0696. The van der Waals surface area contributed by atoms with Crippen LogP contribution in [0.1, 0.15) is 258 Å². The van der Waals surface area contributed by atoms with E-state index in [9.17, 15) is 0 Å². The summed E-state index contributed by atoms with van der Waals surface area (Å²) in [6, 6.07) is 0. The topological polar surface area (TPSA) is 0 Å². The minimum atomic E-state index is 0.560. The second kappa shape index (κ2) is 25.6. The molecule has 2 aliphatic rings. The van der Waals surface area contributed by atoms with Gasteiger partial charge in [-0.15, -0.1) is 0 Å². The monoisotopic (exact) mass is 769 g/mol. The summed E-state index contributed by atoms with van der Waals surface area (Å²) in [7, 11) is 0. The van der Waals surface area contributed by atoms with Crippen molar-refractivity contribution in [1.29, 1.82) is 0 Å². The first-order valence-corrected chi connectivity index (χ1v) is 25.8. The third kappa shape index (κ3) is 18.4. The summed E-state index contributed by atoms with van der Waals surface area (Å²) < 4.78 is 0. The molecule has 0 spiro atoms. The van der Waals surface area contributed by atoms with Crippen LogP contribution in [0.5, 0.6) is 0 Å². The first kappa shape index (κ1) is 51.1. The molecule has 14 atom stereocenters. The van der Waals surface area contributed by atoms with Gasteiger partial charge in [-0.2, -0.15) is 0 Å². The third-order valence-corrected chi connectivity index (χ3v) is 18.0. The molecule has 2 fully saturated rings. The predicted octanol–water partition coefficient (Wildman–Crippen LogP) is 18.9. The number of hydrogen-bond donors (Lipinski definition) is 0. The van der Waals surface area contributed by atoms with Crippen LogP contribution in [-0.4, -0.2) is 0 Å². The highest BCUT2D eigenvalue weighted by Gasteiger charge is 2.37. The Kier molecular flexibility index (Phi) is 23.8. The highest BCUT2D eigenvalue weighted by Crippen LogP contribution is 2.48. The molecule has 2 aliphatic carbocycles. The number of hydrogen-bond acceptors (Lipinski definition) is 0. The zero-order valence-corrected chi connectivity index (χ0v) is 41.3. The summed E-state index contributed by atoms with van der Waals surface area (Å²) in [5.74, 6) is 12.5. The van der Waals surface area contributed by atoms with Crippen LogP contribution in [0.25, 0.3) is 0 Å². The molecule has 0 heteroatoms. The van der Waals surface area contributed by atoms with Crippen LogP contribution < -0.4 is 0 Å². The molecule has 0 radical (unpaired) electrons. The summed E-state index contributed by atoms with van der Waals surface area (Å²) >= 11 is 0. The molecule has 14 unspecified atom stereocenters. The lowest BCUT2D eigenvalue weighted by molar-refractivity contribution is 0.0705. The zero-order valence-electron chi connectivity index (χ0n) is 41.3. The van der Waals surface area contributed by atoms with E-state index in [1.54, 1.807) is 0 Å². The molecule has 0 N–H and O–H groups in total. The Morgan fingerprint density at radius 2 is 0.873 bits per heavy atom. The zero-order chi connectivity index (χ0) is 41.3. The molecule has 0 amide bonds. The van der Waals surface area contributed by atoms with Crippen molar-refractivity contribution in [3.05, 3.63) is 0 Å². The second-order valence-electron chi connectivity index (χ2n) is 24.0. The molecule has 55 heavy (non-hydrogen) atoms. The van der Waals surface area contributed by atoms with E-state index in [0.717, 1.165) is 82.9 Å². The lowest BCUT2D eigenvalue weighted by atomic mass is 9.62. The van der Waals surface area contributed by atoms with Gasteiger partial charge in [0.05, 0.1) is 0 Å². The molecule has 0 aromatic carbocycles. The van der Waals surface area contributed by atoms with Gasteiger partial charge in [0.1, 0.15) is 0 Å². The number of rotatable bonds is 28. The summed E-state index contributed by atoms with van der Waals surface area (Å²) in [5, 5.41) is 0. The molecule has 0 aromatic heterocycles. The van der Waals surface area contributed by atoms with Gasteiger partial charge in [0.15, 0.2) is 0 Å². The fourth-order valence-corrected chi connectivity index (χ4v) is 13.1. The minimum absolute atomic E-state index is 0.560. The van der Waals surface area contributed by atoms with E-state index in [-0.39, 0.29) is 0 Å². The van der Waals surface area contributed by atoms with Gasteiger partial charge in [-0.25, -0.2) is 0 Å². The standard InChI is InChI=1S/C55H108/c1-17-44(6)51(50(12)49(11)39-43(5)27-21-25-41(3)33-35-53-47(9)30-23-37-55(53,15)16)31-19-18-28-45(7)48(10)38-42(4)26-20-24-40(2)32-34-52-46(8)29-22-36-54(52,13)14/h40-53H,17-39H2,1-16H3. The highest BCUT2D eigenvalue weighted by atomic mass is 14.4. The summed E-state index contributed by atoms with van der Waals surface area (Å²) in [6.07, 6.45) is 33.2. The molecule has 2 rings (SSSR count). The molecule has 0 aliphatic heterocycles. The molecule has 0 heterocycles. The second-order valence-corrected chi connectivity index (χ2v) is 24.0. The predicted molar refractivity (Wildman–Crippen MR) is 251 cm³/mol. The van der Waals surface area contributed by atoms with Crippen molar-refractivity contribution < 1.29 is 0 Å². The van der Waals surface area contributed by atoms with E-state index in [0.29, 0.717) is 10.8 Å². The molecule has 2 saturated carbocycles. The van der Waals surface area contributed by atoms with Crippen LogP contribution in [0, 0.1) is 93.7 Å². The SMILES string of the molecule is CCC(C)C(CCCCC(C)C(C)CC(C)CCCC(C)CCC1C(C)CCCC1(C)C)C(C)C(C)CC(C)CCCC(C)CCC1C(C)CCCC1(C)C. The van der Waals surface area contributed by atoms with Gasteiger partial charge in [0.2, 0.25) is 0 Å². The lowest BCUT2D eigenvalue weighted by Gasteiger charge is -2.43. The van der Waals surface area contributed by atoms with Gasteiger partial charge in [-0.1, -0.05) is 214 Å². The van der Waals surface area contributed by atoms with Crippen LogP contribution in [0.3, 0.4) is 0 Å². The molecule has 328 valence electrons. The fourth-order valence-electron chi connectivity index (χ4n) is 13.1. The molecule has 0 nitrogen and oxygen atoms in total. The van der Waals surface area contributed by atoms with Crippen LogP contribution in [-0.2, 0) is 0 Å². The normalized spacial score (nSPS) is 28.4. The molecule has 0 saturated heterocycles. The van der Waals surface area contributed by atoms with Gasteiger partial charge in [0.25, 0.3) is 0 Å². The van der Waals surface area contributed by atoms with E-state index >= 15 is 0 Å². The Morgan fingerprint density at radius 1 is 0.455 bits per heavy atom. The van der Waals surface area contributed by atoms with Crippen LogP contribution in [0.2, 0.25) is 0 Å². The lowest BCUT2D eigenvalue weighted by Crippen LogP contribution is -2.33. The van der Waals surface area contributed by atoms with Gasteiger partial charge >= 0.3 is 0 Å². The maximum absolute atomic E-state index is 2.63. The largest absolute Gasteiger partial charge is 0.0651 e. The van der Waals surface area contributed by atoms with Crippen molar-refractivity contribution in [2.75, 3.05) is 0 Å². The van der Waals surface area contributed by atoms with Crippen molar-refractivity contribution in [2.45, 2.75) is 258 Å². The first-order chi connectivity index (χ1) is 25.8. The molecule has 0 aromatic rings. The summed E-state index contributed by atoms with van der Waals surface area (Å²) in [4.78, 5) is 0. The van der Waals surface area contributed by atoms with E-state index in [2.05, 4.69) is 111 Å². The third-order valence-electron chi connectivity index (χ3n) is 18.0. The Hall–Kier alpha value is 0. The Morgan fingerprint density at radius 3 is 1.31 bits per heavy atom. The fraction of sp³-hybridized carbons (Fsp3) is 1.00. The van der Waals surface area contributed by atoms with E-state index in [1.165, 1.54) is 148 Å². The summed E-state index contributed by atoms with van der Waals surface area (Å²) in [6.45, 7) is 40.9. The Balaban J connectivity index is 1.65. The minimum Gasteiger partial charge on any atom is -0.0651 e. The molecular formula is C55H108. The van der Waals surface area contributed by atoms with Gasteiger partial charge in [0, 0.05) is 0 Å². The van der Waals surface area contributed by atoms with Gasteiger partial charge in [-0.3, -0.25) is 0 Å². The van der Waals surface area contributed by atoms with Crippen molar-refractivity contribution >= 4 is 0 Å². The van der Waals surface area contributed by atoms with Crippen molar-refractivity contribution in [1.82, 2.24) is 0 Å². The highest BCUT2D eigenvalue weighted by molar-refractivity contribution is 4.88. The van der Waals surface area contributed by atoms with Crippen molar-refractivity contribution in [2.24, 2.45) is 93.7 Å². The first-order valence-electron chi connectivity index (χ1n) is 25.8. The molecule has 0 bridgehead atoms. The molecular weight excluding hydrogens is 661 g/mol. The van der Waals surface area contributed by atoms with Gasteiger partial charge in [-0.05, 0) is 139 Å².